The number of carbonyl (C=O) groups excluding carboxylic acids is 3. The molecule has 258 valence electrons. The predicted octanol–water partition coefficient (Wildman–Crippen LogP) is 4.83. The number of hydrogen-bond acceptors (Lipinski definition) is 7. The first-order valence-electron chi connectivity index (χ1n) is 16.1. The lowest BCUT2D eigenvalue weighted by Gasteiger charge is -2.25. The minimum Gasteiger partial charge on any atom is -0.483 e. The molecule has 1 atom stereocenters. The molecule has 3 N–H and O–H groups in total. The van der Waals surface area contributed by atoms with Crippen molar-refractivity contribution < 1.29 is 27.5 Å². The average molecular weight is 695 g/mol. The molecule has 0 saturated heterocycles. The van der Waals surface area contributed by atoms with Crippen LogP contribution >= 0.6 is 0 Å². The second kappa shape index (κ2) is 16.5. The fraction of sp³-hybridized carbons (Fsp3) is 0.216. The maximum atomic E-state index is 14.1. The second-order valence-corrected chi connectivity index (χ2v) is 13.0. The summed E-state index contributed by atoms with van der Waals surface area (Å²) in [4.78, 5) is 46.6. The number of para-hydroxylation sites is 1. The molecule has 0 fully saturated rings. The van der Waals surface area contributed by atoms with Gasteiger partial charge in [0.05, 0.1) is 22.9 Å². The average Bonchev–Trinajstić information content (AvgIpc) is 3.21. The number of aryl methyl sites for hydroxylation is 2. The number of nitrogens with zero attached hydrogens (tertiary/aromatic N) is 3. The topological polar surface area (TPSA) is 159 Å². The number of ether oxygens (including phenoxy) is 1. The molecule has 5 rings (SSSR count). The third-order valence-electron chi connectivity index (χ3n) is 7.71. The van der Waals surface area contributed by atoms with Crippen LogP contribution in [0, 0.1) is 6.92 Å². The van der Waals surface area contributed by atoms with E-state index in [0.717, 1.165) is 23.1 Å². The summed E-state index contributed by atoms with van der Waals surface area (Å²) in [6.45, 7) is 3.95. The van der Waals surface area contributed by atoms with Crippen LogP contribution in [0.25, 0.3) is 0 Å². The Labute approximate surface area is 291 Å². The highest BCUT2D eigenvalue weighted by molar-refractivity contribution is 7.90. The van der Waals surface area contributed by atoms with Crippen molar-refractivity contribution in [3.05, 3.63) is 125 Å². The molecule has 4 amide bonds. The molecule has 1 aliphatic heterocycles. The van der Waals surface area contributed by atoms with E-state index in [-0.39, 0.29) is 11.4 Å². The van der Waals surface area contributed by atoms with Crippen molar-refractivity contribution in [2.45, 2.75) is 37.8 Å². The van der Waals surface area contributed by atoms with E-state index in [1.54, 1.807) is 43.3 Å². The Balaban J connectivity index is 1.28. The van der Waals surface area contributed by atoms with Crippen molar-refractivity contribution in [1.29, 1.82) is 0 Å². The predicted molar refractivity (Wildman–Crippen MR) is 193 cm³/mol. The molecule has 1 heterocycles. The summed E-state index contributed by atoms with van der Waals surface area (Å²) in [5, 5.41) is 8.33. The van der Waals surface area contributed by atoms with E-state index >= 15 is 0 Å². The summed E-state index contributed by atoms with van der Waals surface area (Å²) >= 11 is 0. The highest BCUT2D eigenvalue weighted by atomic mass is 32.2. The van der Waals surface area contributed by atoms with Gasteiger partial charge in [0.25, 0.3) is 15.9 Å². The smallest absolute Gasteiger partial charge is 0.321 e. The minimum atomic E-state index is -3.85. The standard InChI is InChI=1S/C37H38N6O6S/c1-3-49-25-39-50(47,48)30-20-18-27(19-21-30)12-10-22-38-33(44)24-43-32-17-8-7-16-31(32)34(28-13-5-4-6-14-28)41-35(36(43)45)42-37(46)40-29-15-9-11-26(2)23-29/h4-9,11,13-21,23,25,35H,3,10,12,22,24H2,1-2H3,(H,38,44)(H2,40,42,46). The van der Waals surface area contributed by atoms with Crippen molar-refractivity contribution in [1.82, 2.24) is 10.6 Å². The Kier molecular flexibility index (Phi) is 11.7. The van der Waals surface area contributed by atoms with Crippen molar-refractivity contribution in [3.63, 3.8) is 0 Å². The summed E-state index contributed by atoms with van der Waals surface area (Å²) in [6, 6.07) is 29.5. The van der Waals surface area contributed by atoms with Crippen molar-refractivity contribution in [2.24, 2.45) is 9.39 Å². The number of urea groups is 1. The number of hydrogen-bond donors (Lipinski definition) is 3. The number of benzene rings is 4. The fourth-order valence-corrected chi connectivity index (χ4v) is 6.07. The largest absolute Gasteiger partial charge is 0.483 e. The Hall–Kier alpha value is -5.82. The van der Waals surface area contributed by atoms with E-state index in [1.165, 1.54) is 17.0 Å². The van der Waals surface area contributed by atoms with Crippen molar-refractivity contribution >= 4 is 51.4 Å². The van der Waals surface area contributed by atoms with E-state index < -0.39 is 34.0 Å². The highest BCUT2D eigenvalue weighted by Gasteiger charge is 2.34. The number of amides is 4. The number of carbonyl (C=O) groups is 3. The number of rotatable bonds is 13. The molecule has 0 spiro atoms. The quantitative estimate of drug-likeness (QED) is 0.103. The molecular weight excluding hydrogens is 657 g/mol. The minimum absolute atomic E-state index is 0.0488. The van der Waals surface area contributed by atoms with Crippen LogP contribution in [-0.4, -0.2) is 64.2 Å². The molecule has 0 radical (unpaired) electrons. The van der Waals surface area contributed by atoms with Gasteiger partial charge in [0.15, 0.2) is 6.40 Å². The lowest BCUT2D eigenvalue weighted by atomic mass is 10.0. The monoisotopic (exact) mass is 694 g/mol. The van der Waals surface area contributed by atoms with Gasteiger partial charge < -0.3 is 20.7 Å². The summed E-state index contributed by atoms with van der Waals surface area (Å²) in [7, 11) is -3.85. The number of nitrogens with one attached hydrogen (secondary N) is 3. The lowest BCUT2D eigenvalue weighted by molar-refractivity contribution is -0.124. The third kappa shape index (κ3) is 9.20. The van der Waals surface area contributed by atoms with Gasteiger partial charge in [0.2, 0.25) is 12.1 Å². The van der Waals surface area contributed by atoms with Gasteiger partial charge >= 0.3 is 6.03 Å². The molecule has 0 aliphatic carbocycles. The summed E-state index contributed by atoms with van der Waals surface area (Å²) in [5.74, 6) is -0.966. The van der Waals surface area contributed by atoms with Gasteiger partial charge in [-0.1, -0.05) is 72.8 Å². The van der Waals surface area contributed by atoms with E-state index in [2.05, 4.69) is 20.3 Å². The summed E-state index contributed by atoms with van der Waals surface area (Å²) < 4.78 is 33.0. The molecule has 0 saturated carbocycles. The Morgan fingerprint density at radius 2 is 1.70 bits per heavy atom. The van der Waals surface area contributed by atoms with E-state index in [9.17, 15) is 22.8 Å². The molecular formula is C37H38N6O6S. The lowest BCUT2D eigenvalue weighted by Crippen LogP contribution is -2.51. The van der Waals surface area contributed by atoms with Crippen LogP contribution < -0.4 is 20.9 Å². The van der Waals surface area contributed by atoms with Gasteiger partial charge in [-0.25, -0.2) is 9.79 Å². The SMILES string of the molecule is CCOC=NS(=O)(=O)c1ccc(CCCNC(=O)CN2C(=O)C(NC(=O)Nc3cccc(C)c3)N=C(c3ccccc3)c3ccccc32)cc1. The molecule has 1 unspecified atom stereocenters. The highest BCUT2D eigenvalue weighted by Crippen LogP contribution is 2.28. The molecule has 1 aliphatic rings. The van der Waals surface area contributed by atoms with Crippen LogP contribution in [0.5, 0.6) is 0 Å². The number of benzodiazepines with no additional fused rings is 1. The summed E-state index contributed by atoms with van der Waals surface area (Å²) in [5.41, 5.74) is 4.76. The van der Waals surface area contributed by atoms with Crippen LogP contribution in [0.2, 0.25) is 0 Å². The van der Waals surface area contributed by atoms with Gasteiger partial charge in [-0.05, 0) is 68.1 Å². The van der Waals surface area contributed by atoms with Gasteiger partial charge in [0.1, 0.15) is 6.54 Å². The van der Waals surface area contributed by atoms with E-state index in [0.29, 0.717) is 48.6 Å². The van der Waals surface area contributed by atoms with Gasteiger partial charge in [-0.15, -0.1) is 4.40 Å². The van der Waals surface area contributed by atoms with Crippen LogP contribution in [-0.2, 0) is 30.8 Å². The zero-order chi connectivity index (χ0) is 35.5. The van der Waals surface area contributed by atoms with Crippen LogP contribution in [0.15, 0.2) is 117 Å². The summed E-state index contributed by atoms with van der Waals surface area (Å²) in [6.07, 6.45) is 0.728. The Bertz CT molecular complexity index is 2000. The zero-order valence-corrected chi connectivity index (χ0v) is 28.5. The zero-order valence-electron chi connectivity index (χ0n) is 27.7. The third-order valence-corrected chi connectivity index (χ3v) is 8.94. The molecule has 12 nitrogen and oxygen atoms in total. The normalized spacial score (nSPS) is 14.4. The Morgan fingerprint density at radius 3 is 2.44 bits per heavy atom. The molecule has 4 aromatic carbocycles. The van der Waals surface area contributed by atoms with E-state index in [4.69, 9.17) is 9.73 Å². The van der Waals surface area contributed by atoms with Gasteiger partial charge in [-0.3, -0.25) is 14.5 Å². The van der Waals surface area contributed by atoms with Crippen LogP contribution in [0.1, 0.15) is 35.6 Å². The number of fused-ring (bicyclic) bond motifs is 1. The number of sulfonamides is 1. The van der Waals surface area contributed by atoms with Crippen LogP contribution in [0.4, 0.5) is 16.2 Å². The fourth-order valence-electron chi connectivity index (χ4n) is 5.30. The maximum Gasteiger partial charge on any atom is 0.321 e. The molecule has 0 bridgehead atoms. The maximum absolute atomic E-state index is 14.1. The van der Waals surface area contributed by atoms with Crippen LogP contribution in [0.3, 0.4) is 0 Å². The molecule has 4 aromatic rings. The van der Waals surface area contributed by atoms with Gasteiger partial charge in [-0.2, -0.15) is 8.42 Å². The number of anilines is 2. The second-order valence-electron chi connectivity index (χ2n) is 11.4. The van der Waals surface area contributed by atoms with Crippen molar-refractivity contribution in [3.8, 4) is 0 Å². The van der Waals surface area contributed by atoms with Gasteiger partial charge in [0, 0.05) is 23.4 Å². The Morgan fingerprint density at radius 1 is 0.960 bits per heavy atom. The first-order valence-corrected chi connectivity index (χ1v) is 17.5. The molecule has 13 heteroatoms. The molecule has 50 heavy (non-hydrogen) atoms. The number of aliphatic imine (C=N–C) groups is 1. The van der Waals surface area contributed by atoms with E-state index in [1.807, 2.05) is 61.5 Å². The van der Waals surface area contributed by atoms with Crippen molar-refractivity contribution in [2.75, 3.05) is 29.9 Å². The first kappa shape index (κ1) is 35.5. The molecule has 0 aromatic heterocycles. The first-order chi connectivity index (χ1) is 24.1.